The molecule has 0 aliphatic carbocycles. The molecule has 0 aliphatic heterocycles. The van der Waals surface area contributed by atoms with Crippen molar-refractivity contribution in [3.8, 4) is 5.75 Å². The van der Waals surface area contributed by atoms with Crippen LogP contribution in [0.15, 0.2) is 29.8 Å². The normalized spacial score (nSPS) is 10.9. The summed E-state index contributed by atoms with van der Waals surface area (Å²) in [6.07, 6.45) is 0. The monoisotopic (exact) mass is 305 g/mol. The zero-order valence-corrected chi connectivity index (χ0v) is 12.3. The van der Waals surface area contributed by atoms with Gasteiger partial charge in [-0.25, -0.2) is 4.98 Å². The fraction of sp³-hybridized carbons (Fsp3) is 0.143. The lowest BCUT2D eigenvalue weighted by atomic mass is 10.2. The van der Waals surface area contributed by atoms with Crippen molar-refractivity contribution in [3.05, 3.63) is 46.2 Å². The minimum absolute atomic E-state index is 0.171. The number of aromatic nitrogens is 2. The van der Waals surface area contributed by atoms with E-state index < -0.39 is 0 Å². The molecule has 0 aliphatic rings. The van der Waals surface area contributed by atoms with E-state index in [2.05, 4.69) is 15.3 Å². The Kier molecular flexibility index (Phi) is 3.46. The SMILES string of the molecule is Cc1ccc(O)c(CNc2c(Cl)ccc3scnc23)n1. The first-order valence-corrected chi connectivity index (χ1v) is 7.32. The Balaban J connectivity index is 1.92. The molecule has 2 aromatic heterocycles. The summed E-state index contributed by atoms with van der Waals surface area (Å²) >= 11 is 7.78. The van der Waals surface area contributed by atoms with E-state index in [1.165, 1.54) is 0 Å². The van der Waals surface area contributed by atoms with E-state index in [9.17, 15) is 5.11 Å². The Morgan fingerprint density at radius 1 is 1.30 bits per heavy atom. The number of benzene rings is 1. The van der Waals surface area contributed by atoms with Crippen LogP contribution in [0, 0.1) is 6.92 Å². The van der Waals surface area contributed by atoms with Crippen LogP contribution >= 0.6 is 22.9 Å². The third-order valence-electron chi connectivity index (χ3n) is 2.97. The first-order valence-electron chi connectivity index (χ1n) is 6.06. The molecular weight excluding hydrogens is 294 g/mol. The van der Waals surface area contributed by atoms with Crippen molar-refractivity contribution in [2.24, 2.45) is 0 Å². The Morgan fingerprint density at radius 2 is 2.15 bits per heavy atom. The van der Waals surface area contributed by atoms with Gasteiger partial charge in [-0.15, -0.1) is 11.3 Å². The van der Waals surface area contributed by atoms with E-state index in [1.54, 1.807) is 29.0 Å². The average Bonchev–Trinajstić information content (AvgIpc) is 2.90. The average molecular weight is 306 g/mol. The van der Waals surface area contributed by atoms with Crippen LogP contribution in [0.5, 0.6) is 5.75 Å². The molecule has 1 aromatic carbocycles. The highest BCUT2D eigenvalue weighted by atomic mass is 35.5. The molecule has 0 saturated heterocycles. The second kappa shape index (κ2) is 5.26. The summed E-state index contributed by atoms with van der Waals surface area (Å²) < 4.78 is 1.07. The summed E-state index contributed by atoms with van der Waals surface area (Å²) in [4.78, 5) is 8.63. The van der Waals surface area contributed by atoms with E-state index in [4.69, 9.17) is 11.6 Å². The molecule has 0 bridgehead atoms. The lowest BCUT2D eigenvalue weighted by Gasteiger charge is -2.10. The van der Waals surface area contributed by atoms with Gasteiger partial charge in [0.1, 0.15) is 17.0 Å². The van der Waals surface area contributed by atoms with Crippen LogP contribution in [0.2, 0.25) is 5.02 Å². The van der Waals surface area contributed by atoms with E-state index in [-0.39, 0.29) is 5.75 Å². The number of thiazole rings is 1. The van der Waals surface area contributed by atoms with Gasteiger partial charge in [-0.2, -0.15) is 0 Å². The summed E-state index contributed by atoms with van der Waals surface area (Å²) in [7, 11) is 0. The van der Waals surface area contributed by atoms with E-state index in [0.29, 0.717) is 17.3 Å². The lowest BCUT2D eigenvalue weighted by Crippen LogP contribution is -2.04. The van der Waals surface area contributed by atoms with E-state index >= 15 is 0 Å². The first kappa shape index (κ1) is 13.1. The molecule has 6 heteroatoms. The van der Waals surface area contributed by atoms with Crippen molar-refractivity contribution < 1.29 is 5.11 Å². The number of aryl methyl sites for hydroxylation is 1. The molecule has 0 spiro atoms. The first-order chi connectivity index (χ1) is 9.65. The van der Waals surface area contributed by atoms with Crippen LogP contribution in [0.4, 0.5) is 5.69 Å². The smallest absolute Gasteiger partial charge is 0.138 e. The van der Waals surface area contributed by atoms with Crippen molar-refractivity contribution in [3.63, 3.8) is 0 Å². The number of anilines is 1. The molecule has 0 fully saturated rings. The maximum Gasteiger partial charge on any atom is 0.138 e. The zero-order chi connectivity index (χ0) is 14.1. The van der Waals surface area contributed by atoms with Gasteiger partial charge in [-0.3, -0.25) is 4.98 Å². The van der Waals surface area contributed by atoms with Gasteiger partial charge in [0.05, 0.1) is 27.5 Å². The van der Waals surface area contributed by atoms with Gasteiger partial charge >= 0.3 is 0 Å². The highest BCUT2D eigenvalue weighted by Crippen LogP contribution is 2.32. The number of pyridine rings is 1. The Morgan fingerprint density at radius 3 is 3.00 bits per heavy atom. The van der Waals surface area contributed by atoms with Crippen molar-refractivity contribution in [2.45, 2.75) is 13.5 Å². The number of hydrogen-bond acceptors (Lipinski definition) is 5. The molecule has 0 atom stereocenters. The van der Waals surface area contributed by atoms with Gasteiger partial charge in [0.25, 0.3) is 0 Å². The molecule has 102 valence electrons. The van der Waals surface area contributed by atoms with Gasteiger partial charge in [0.15, 0.2) is 0 Å². The number of hydrogen-bond donors (Lipinski definition) is 2. The fourth-order valence-electron chi connectivity index (χ4n) is 1.98. The van der Waals surface area contributed by atoms with Gasteiger partial charge in [-0.05, 0) is 31.2 Å². The number of rotatable bonds is 3. The molecule has 0 radical (unpaired) electrons. The van der Waals surface area contributed by atoms with Gasteiger partial charge < -0.3 is 10.4 Å². The maximum atomic E-state index is 9.81. The van der Waals surface area contributed by atoms with Crippen LogP contribution in [0.1, 0.15) is 11.4 Å². The van der Waals surface area contributed by atoms with E-state index in [1.807, 2.05) is 19.1 Å². The van der Waals surface area contributed by atoms with Crippen molar-refractivity contribution >= 4 is 38.8 Å². The van der Waals surface area contributed by atoms with Gasteiger partial charge in [0.2, 0.25) is 0 Å². The second-order valence-corrected chi connectivity index (χ2v) is 5.69. The number of nitrogens with one attached hydrogen (secondary N) is 1. The predicted octanol–water partition coefficient (Wildman–Crippen LogP) is 3.97. The quantitative estimate of drug-likeness (QED) is 0.768. The molecule has 0 saturated carbocycles. The van der Waals surface area contributed by atoms with E-state index in [0.717, 1.165) is 21.6 Å². The van der Waals surface area contributed by atoms with Crippen LogP contribution in [-0.2, 0) is 6.54 Å². The van der Waals surface area contributed by atoms with Gasteiger partial charge in [0, 0.05) is 5.69 Å². The molecule has 2 heterocycles. The zero-order valence-electron chi connectivity index (χ0n) is 10.7. The topological polar surface area (TPSA) is 58.0 Å². The van der Waals surface area contributed by atoms with Crippen molar-refractivity contribution in [1.29, 1.82) is 0 Å². The molecule has 4 nitrogen and oxygen atoms in total. The molecule has 2 N–H and O–H groups in total. The standard InChI is InChI=1S/C14H12ClN3OS/c1-8-2-4-11(19)10(18-8)6-16-13-9(15)3-5-12-14(13)17-7-20-12/h2-5,7,16,19H,6H2,1H3. The van der Waals surface area contributed by atoms with Gasteiger partial charge in [-0.1, -0.05) is 11.6 Å². The minimum atomic E-state index is 0.171. The van der Waals surface area contributed by atoms with Crippen LogP contribution in [0.3, 0.4) is 0 Å². The largest absolute Gasteiger partial charge is 0.506 e. The summed E-state index contributed by atoms with van der Waals surface area (Å²) in [5.41, 5.74) is 4.85. The predicted molar refractivity (Wildman–Crippen MR) is 82.6 cm³/mol. The highest BCUT2D eigenvalue weighted by Gasteiger charge is 2.10. The molecule has 0 unspecified atom stereocenters. The third kappa shape index (κ3) is 2.42. The number of aromatic hydroxyl groups is 1. The Bertz CT molecular complexity index is 772. The van der Waals surface area contributed by atoms with Crippen molar-refractivity contribution in [1.82, 2.24) is 9.97 Å². The summed E-state index contributed by atoms with van der Waals surface area (Å²) in [5.74, 6) is 0.171. The molecule has 0 amide bonds. The molecule has 20 heavy (non-hydrogen) atoms. The molecular formula is C14H12ClN3OS. The van der Waals surface area contributed by atoms with Crippen LogP contribution in [0.25, 0.3) is 10.2 Å². The summed E-state index contributed by atoms with van der Waals surface area (Å²) in [6.45, 7) is 2.28. The van der Waals surface area contributed by atoms with Crippen LogP contribution in [-0.4, -0.2) is 15.1 Å². The second-order valence-electron chi connectivity index (χ2n) is 4.39. The Hall–Kier alpha value is -1.85. The number of fused-ring (bicyclic) bond motifs is 1. The highest BCUT2D eigenvalue weighted by molar-refractivity contribution is 7.16. The number of halogens is 1. The lowest BCUT2D eigenvalue weighted by molar-refractivity contribution is 0.464. The summed E-state index contributed by atoms with van der Waals surface area (Å²) in [5, 5.41) is 13.6. The molecule has 3 aromatic rings. The minimum Gasteiger partial charge on any atom is -0.506 e. The molecule has 3 rings (SSSR count). The Labute approximate surface area is 125 Å². The maximum absolute atomic E-state index is 9.81. The summed E-state index contributed by atoms with van der Waals surface area (Å²) in [6, 6.07) is 7.20. The number of nitrogens with zero attached hydrogens (tertiary/aromatic N) is 2. The third-order valence-corrected chi connectivity index (χ3v) is 4.08. The van der Waals surface area contributed by atoms with Crippen molar-refractivity contribution in [2.75, 3.05) is 5.32 Å². The van der Waals surface area contributed by atoms with Crippen LogP contribution < -0.4 is 5.32 Å². The fourth-order valence-corrected chi connectivity index (χ4v) is 2.88.